The summed E-state index contributed by atoms with van der Waals surface area (Å²) in [6.07, 6.45) is 52.7. The number of ether oxygens (including phenoxy) is 4. The van der Waals surface area contributed by atoms with Crippen molar-refractivity contribution in [2.24, 2.45) is 0 Å². The minimum atomic E-state index is -4.71. The van der Waals surface area contributed by atoms with Gasteiger partial charge < -0.3 is 60.0 Å². The van der Waals surface area contributed by atoms with E-state index in [1.807, 2.05) is 0 Å². The van der Waals surface area contributed by atoms with Crippen LogP contribution in [0.1, 0.15) is 427 Å². The van der Waals surface area contributed by atoms with Gasteiger partial charge in [0.05, 0.1) is 77.0 Å². The van der Waals surface area contributed by atoms with Gasteiger partial charge in [-0.3, -0.25) is 47.4 Å². The number of ketones is 1. The number of phosphoric ester groups is 2. The van der Waals surface area contributed by atoms with Crippen LogP contribution >= 0.6 is 15.6 Å². The summed E-state index contributed by atoms with van der Waals surface area (Å²) in [7, 11) is -9.42. The lowest BCUT2D eigenvalue weighted by atomic mass is 10.0. The van der Waals surface area contributed by atoms with E-state index >= 15 is 0 Å². The van der Waals surface area contributed by atoms with Crippen molar-refractivity contribution >= 4 is 45.1 Å². The Morgan fingerprint density at radius 1 is 0.333 bits per heavy atom. The zero-order chi connectivity index (χ0) is 83.9. The summed E-state index contributed by atoms with van der Waals surface area (Å²) in [4.78, 5) is 86.2. The average molecular weight is 1670 g/mol. The number of aliphatic hydroxyl groups excluding tert-OH is 3. The van der Waals surface area contributed by atoms with E-state index in [9.17, 15) is 58.2 Å². The quantitative estimate of drug-likeness (QED) is 0.0118. The SMILES string of the molecule is CCCCCCCCCCCC(=O)CC(O)NC(COCCC(CCCCCCC)OC(=O)CCCCCCCCCCC)COP(=O)(O)OCCNC(=O)CCCCC(=O)NCCOP(=O)(O)OCC(COCCC(CCCCCCC)OC(O)CCCCCCCCCCC)NC(=O)CC(O)CCCCCCCCCCC. The Bertz CT molecular complexity index is 2300. The largest absolute Gasteiger partial charge is 0.472 e. The molecule has 0 fully saturated rings. The van der Waals surface area contributed by atoms with Crippen LogP contribution in [0.15, 0.2) is 0 Å². The first-order valence-electron chi connectivity index (χ1n) is 46.6. The molecule has 0 spiro atoms. The normalized spacial score (nSPS) is 14.7. The number of nitrogens with one attached hydrogen (secondary N) is 4. The van der Waals surface area contributed by atoms with Gasteiger partial charge in [-0.1, -0.05) is 311 Å². The third-order valence-corrected chi connectivity index (χ3v) is 22.8. The monoisotopic (exact) mass is 1670 g/mol. The number of phosphoric acid groups is 2. The molecule has 0 aliphatic rings. The maximum atomic E-state index is 13.3. The molecule has 26 heteroatoms. The predicted octanol–water partition coefficient (Wildman–Crippen LogP) is 20.4. The number of Topliss-reactive ketones (excluding diaryl/α,β-unsaturated/α-hetero) is 1. The molecule has 0 bridgehead atoms. The zero-order valence-corrected chi connectivity index (χ0v) is 75.1. The minimum Gasteiger partial charge on any atom is -0.462 e. The second-order valence-corrected chi connectivity index (χ2v) is 35.1. The molecule has 0 aliphatic carbocycles. The van der Waals surface area contributed by atoms with Crippen molar-refractivity contribution in [3.63, 3.8) is 0 Å². The van der Waals surface area contributed by atoms with Crippen LogP contribution in [-0.4, -0.2) is 163 Å². The second kappa shape index (κ2) is 81.5. The molecule has 9 atom stereocenters. The van der Waals surface area contributed by atoms with Gasteiger partial charge in [0.2, 0.25) is 17.7 Å². The molecular weight excluding hydrogens is 1490 g/mol. The van der Waals surface area contributed by atoms with E-state index < -0.39 is 65.5 Å². The average Bonchev–Trinajstić information content (AvgIpc) is 0.912. The highest BCUT2D eigenvalue weighted by Gasteiger charge is 2.28. The molecule has 0 aromatic carbocycles. The Labute approximate surface area is 693 Å². The molecule has 0 aromatic heterocycles. The molecule has 9 N–H and O–H groups in total. The summed E-state index contributed by atoms with van der Waals surface area (Å²) in [5, 5.41) is 43.8. The maximum absolute atomic E-state index is 13.3. The van der Waals surface area contributed by atoms with Gasteiger partial charge in [0.15, 0.2) is 6.29 Å². The number of rotatable bonds is 91. The highest BCUT2D eigenvalue weighted by molar-refractivity contribution is 7.47. The predicted molar refractivity (Wildman–Crippen MR) is 459 cm³/mol. The molecule has 114 heavy (non-hydrogen) atoms. The highest BCUT2D eigenvalue weighted by atomic mass is 31.2. The van der Waals surface area contributed by atoms with Crippen molar-refractivity contribution < 1.29 is 95.3 Å². The minimum absolute atomic E-state index is 0.0394. The Balaban J connectivity index is 5.44. The smallest absolute Gasteiger partial charge is 0.462 e. The Morgan fingerprint density at radius 2 is 0.675 bits per heavy atom. The van der Waals surface area contributed by atoms with Crippen LogP contribution in [0.5, 0.6) is 0 Å². The Kier molecular flexibility index (Phi) is 79.7. The molecule has 676 valence electrons. The topological polar surface area (TPSA) is 343 Å². The van der Waals surface area contributed by atoms with Crippen LogP contribution in [0, 0.1) is 0 Å². The van der Waals surface area contributed by atoms with Crippen LogP contribution in [0.4, 0.5) is 0 Å². The molecule has 0 saturated carbocycles. The van der Waals surface area contributed by atoms with Gasteiger partial charge in [0.25, 0.3) is 0 Å². The molecular formula is C88H174N4O20P2. The number of carbonyl (C=O) groups is 5. The molecule has 3 amide bonds. The molecule has 24 nitrogen and oxygen atoms in total. The van der Waals surface area contributed by atoms with Crippen molar-refractivity contribution in [3.8, 4) is 0 Å². The second-order valence-electron chi connectivity index (χ2n) is 32.2. The van der Waals surface area contributed by atoms with Crippen molar-refractivity contribution in [2.45, 2.75) is 470 Å². The zero-order valence-electron chi connectivity index (χ0n) is 73.3. The number of aliphatic hydroxyl groups is 3. The lowest BCUT2D eigenvalue weighted by Gasteiger charge is -2.24. The number of hydrogen-bond acceptors (Lipinski definition) is 19. The highest BCUT2D eigenvalue weighted by Crippen LogP contribution is 2.44. The van der Waals surface area contributed by atoms with E-state index in [1.54, 1.807) is 0 Å². The van der Waals surface area contributed by atoms with Crippen LogP contribution in [0.3, 0.4) is 0 Å². The lowest BCUT2D eigenvalue weighted by molar-refractivity contribution is -0.150. The molecule has 0 heterocycles. The van der Waals surface area contributed by atoms with E-state index in [0.717, 1.165) is 161 Å². The number of unbranched alkanes of at least 4 members (excludes halogenated alkanes) is 41. The molecule has 0 radical (unpaired) electrons. The van der Waals surface area contributed by atoms with E-state index in [-0.39, 0.29) is 114 Å². The van der Waals surface area contributed by atoms with Crippen molar-refractivity contribution in [1.82, 2.24) is 21.3 Å². The fraction of sp³-hybridized carbons (Fsp3) is 0.943. The molecule has 9 unspecified atom stereocenters. The first kappa shape index (κ1) is 111. The van der Waals surface area contributed by atoms with Crippen LogP contribution in [0.2, 0.25) is 0 Å². The summed E-state index contributed by atoms with van der Waals surface area (Å²) >= 11 is 0. The standard InChI is InChI=1S/C88H174N4O20P2/c1-7-13-19-25-29-33-37-43-47-55-79(93)71-85(97)91-77(73-105-67-63-81(57-49-41-23-17-11-5)111-87(99)61-51-45-39-35-31-27-21-15-9-3)75-109-113(101,102)107-69-65-89-83(95)59-53-54-60-84(96)90-66-70-108-114(103,104)110-76-78(92-86(98)72-80(94)56-48-44-38-34-30-26-20-14-8-2)74-106-68-64-82(58-50-42-24-18-12-6)112-88(100)62-52-46-40-36-32-28-22-16-10-4/h77-79,81-82,86-87,92-93,98-99H,7-76H2,1-6H3,(H,89,95)(H,90,96)(H,91,97)(H,101,102)(H,103,104). The maximum Gasteiger partial charge on any atom is 0.472 e. The first-order chi connectivity index (χ1) is 55.2. The van der Waals surface area contributed by atoms with Crippen LogP contribution in [-0.2, 0) is 70.1 Å². The molecule has 0 rings (SSSR count). The van der Waals surface area contributed by atoms with E-state index in [0.29, 0.717) is 57.8 Å². The first-order valence-corrected chi connectivity index (χ1v) is 49.6. The summed E-state index contributed by atoms with van der Waals surface area (Å²) in [6.45, 7) is 11.5. The van der Waals surface area contributed by atoms with Gasteiger partial charge >= 0.3 is 21.6 Å². The summed E-state index contributed by atoms with van der Waals surface area (Å²) in [5.74, 6) is -1.56. The van der Waals surface area contributed by atoms with E-state index in [2.05, 4.69) is 62.8 Å². The van der Waals surface area contributed by atoms with Gasteiger partial charge in [-0.15, -0.1) is 0 Å². The van der Waals surface area contributed by atoms with Gasteiger partial charge in [0.1, 0.15) is 18.1 Å². The number of hydrogen-bond donors (Lipinski definition) is 9. The molecule has 0 saturated heterocycles. The number of carbonyl (C=O) groups excluding carboxylic acids is 5. The van der Waals surface area contributed by atoms with Crippen LogP contribution in [0.25, 0.3) is 0 Å². The van der Waals surface area contributed by atoms with Crippen molar-refractivity contribution in [3.05, 3.63) is 0 Å². The van der Waals surface area contributed by atoms with Crippen molar-refractivity contribution in [2.75, 3.05) is 65.9 Å². The van der Waals surface area contributed by atoms with Gasteiger partial charge in [-0.25, -0.2) is 9.13 Å². The van der Waals surface area contributed by atoms with E-state index in [1.165, 1.54) is 141 Å². The molecule has 0 aromatic rings. The van der Waals surface area contributed by atoms with Gasteiger partial charge in [-0.05, 0) is 70.6 Å². The summed E-state index contributed by atoms with van der Waals surface area (Å²) in [6, 6.07) is -1.74. The lowest BCUT2D eigenvalue weighted by Crippen LogP contribution is -2.45. The third kappa shape index (κ3) is 78.1. The fourth-order valence-corrected chi connectivity index (χ4v) is 15.4. The third-order valence-electron chi connectivity index (χ3n) is 20.9. The van der Waals surface area contributed by atoms with Crippen LogP contribution < -0.4 is 21.3 Å². The Morgan fingerprint density at radius 3 is 1.11 bits per heavy atom. The Hall–Kier alpha value is -2.51. The fourth-order valence-electron chi connectivity index (χ4n) is 13.9. The summed E-state index contributed by atoms with van der Waals surface area (Å²) < 4.78 is 71.7. The van der Waals surface area contributed by atoms with Gasteiger partial charge in [-0.2, -0.15) is 0 Å². The van der Waals surface area contributed by atoms with Crippen molar-refractivity contribution in [1.29, 1.82) is 0 Å². The number of esters is 1. The molecule has 0 aliphatic heterocycles. The van der Waals surface area contributed by atoms with E-state index in [4.69, 9.17) is 37.0 Å². The number of amides is 3. The summed E-state index contributed by atoms with van der Waals surface area (Å²) in [5.41, 5.74) is 0. The van der Waals surface area contributed by atoms with Gasteiger partial charge in [0, 0.05) is 58.2 Å².